The summed E-state index contributed by atoms with van der Waals surface area (Å²) in [6.07, 6.45) is 8.03. The highest BCUT2D eigenvalue weighted by Gasteiger charge is 2.57. The second-order valence-corrected chi connectivity index (χ2v) is 10.4. The molecule has 5 rings (SSSR count). The molecule has 0 radical (unpaired) electrons. The molecule has 1 amide bonds. The van der Waals surface area contributed by atoms with Gasteiger partial charge in [-0.2, -0.15) is 0 Å². The number of hydrogen-bond acceptors (Lipinski definition) is 4. The van der Waals surface area contributed by atoms with Crippen LogP contribution in [-0.4, -0.2) is 21.8 Å². The number of benzene rings is 1. The first kappa shape index (κ1) is 21.4. The molecule has 6 heteroatoms. The molecule has 3 aliphatic carbocycles. The smallest absolute Gasteiger partial charge is 0.225 e. The van der Waals surface area contributed by atoms with Crippen molar-refractivity contribution in [2.24, 2.45) is 28.3 Å². The fraction of sp³-hybridized carbons (Fsp3) is 0.500. The van der Waals surface area contributed by atoms with E-state index in [1.54, 1.807) is 12.3 Å². The van der Waals surface area contributed by atoms with Crippen LogP contribution in [0.3, 0.4) is 0 Å². The SMILES string of the molecule is C[C@]12CCC3c4ccc(Cl)cc4CCC3C1[C@H](CCC(=O)Nc1ccccn1)C/C2=N\O. The van der Waals surface area contributed by atoms with Crippen LogP contribution in [0, 0.1) is 23.2 Å². The van der Waals surface area contributed by atoms with E-state index in [1.807, 2.05) is 18.2 Å². The van der Waals surface area contributed by atoms with Crippen molar-refractivity contribution in [1.29, 1.82) is 0 Å². The Morgan fingerprint density at radius 3 is 2.97 bits per heavy atom. The van der Waals surface area contributed by atoms with Gasteiger partial charge in [-0.3, -0.25) is 4.79 Å². The Kier molecular flexibility index (Phi) is 5.70. The number of amides is 1. The standard InChI is InChI=1S/C26H30ClN3O2/c1-26-12-11-20-19-9-7-18(27)14-16(19)5-8-21(20)25(26)17(15-22(26)30-32)6-10-24(31)29-23-4-2-3-13-28-23/h2-4,7,9,13-14,17,20-21,25,32H,5-6,8,10-12,15H2,1H3,(H,28,29,31)/b30-22+/t17-,20?,21?,25?,26-/m1/s1. The predicted molar refractivity (Wildman–Crippen MR) is 126 cm³/mol. The van der Waals surface area contributed by atoms with Crippen molar-refractivity contribution in [3.8, 4) is 0 Å². The summed E-state index contributed by atoms with van der Waals surface area (Å²) >= 11 is 6.27. The van der Waals surface area contributed by atoms with Crippen molar-refractivity contribution in [2.75, 3.05) is 5.32 Å². The fourth-order valence-corrected chi connectivity index (χ4v) is 7.21. The molecular formula is C26H30ClN3O2. The van der Waals surface area contributed by atoms with Crippen molar-refractivity contribution in [3.05, 3.63) is 58.7 Å². The number of aryl methyl sites for hydroxylation is 1. The van der Waals surface area contributed by atoms with Crippen LogP contribution in [0.1, 0.15) is 62.5 Å². The Morgan fingerprint density at radius 2 is 2.19 bits per heavy atom. The minimum absolute atomic E-state index is 0.00391. The molecule has 168 valence electrons. The molecule has 3 unspecified atom stereocenters. The van der Waals surface area contributed by atoms with Crippen molar-refractivity contribution in [3.63, 3.8) is 0 Å². The second kappa shape index (κ2) is 8.51. The van der Waals surface area contributed by atoms with E-state index < -0.39 is 0 Å². The van der Waals surface area contributed by atoms with E-state index in [1.165, 1.54) is 11.1 Å². The molecule has 1 heterocycles. The first-order chi connectivity index (χ1) is 15.5. The topological polar surface area (TPSA) is 74.6 Å². The van der Waals surface area contributed by atoms with Crippen LogP contribution in [0.2, 0.25) is 5.02 Å². The average molecular weight is 452 g/mol. The molecule has 5 nitrogen and oxygen atoms in total. The van der Waals surface area contributed by atoms with Gasteiger partial charge in [0, 0.05) is 23.1 Å². The highest BCUT2D eigenvalue weighted by Crippen LogP contribution is 2.62. The molecule has 0 saturated heterocycles. The highest BCUT2D eigenvalue weighted by molar-refractivity contribution is 6.30. The maximum absolute atomic E-state index is 12.6. The number of hydrogen-bond donors (Lipinski definition) is 2. The van der Waals surface area contributed by atoms with Gasteiger partial charge in [-0.1, -0.05) is 35.8 Å². The normalized spacial score (nSPS) is 32.1. The largest absolute Gasteiger partial charge is 0.411 e. The zero-order valence-corrected chi connectivity index (χ0v) is 19.2. The van der Waals surface area contributed by atoms with Crippen molar-refractivity contribution in [2.45, 2.75) is 57.8 Å². The highest BCUT2D eigenvalue weighted by atomic mass is 35.5. The Balaban J connectivity index is 1.36. The lowest BCUT2D eigenvalue weighted by Gasteiger charge is -2.50. The van der Waals surface area contributed by atoms with Gasteiger partial charge in [-0.25, -0.2) is 4.98 Å². The first-order valence-corrected chi connectivity index (χ1v) is 12.1. The number of aromatic nitrogens is 1. The predicted octanol–water partition coefficient (Wildman–Crippen LogP) is 6.07. The molecule has 5 atom stereocenters. The number of nitrogens with zero attached hydrogens (tertiary/aromatic N) is 2. The molecule has 2 N–H and O–H groups in total. The van der Waals surface area contributed by atoms with Crippen LogP contribution in [0.15, 0.2) is 47.8 Å². The Hall–Kier alpha value is -2.40. The van der Waals surface area contributed by atoms with Crippen LogP contribution in [0.25, 0.3) is 0 Å². The van der Waals surface area contributed by atoms with E-state index in [9.17, 15) is 10.0 Å². The molecule has 0 bridgehead atoms. The number of oxime groups is 1. The number of halogens is 1. The van der Waals surface area contributed by atoms with Gasteiger partial charge in [0.15, 0.2) is 0 Å². The summed E-state index contributed by atoms with van der Waals surface area (Å²) in [4.78, 5) is 16.8. The number of anilines is 1. The zero-order valence-electron chi connectivity index (χ0n) is 18.4. The van der Waals surface area contributed by atoms with E-state index in [-0.39, 0.29) is 11.3 Å². The molecule has 32 heavy (non-hydrogen) atoms. The summed E-state index contributed by atoms with van der Waals surface area (Å²) in [5.41, 5.74) is 3.69. The number of fused-ring (bicyclic) bond motifs is 5. The Morgan fingerprint density at radius 1 is 1.31 bits per heavy atom. The van der Waals surface area contributed by atoms with E-state index in [0.29, 0.717) is 35.9 Å². The number of pyridine rings is 1. The fourth-order valence-electron chi connectivity index (χ4n) is 7.01. The third-order valence-corrected chi connectivity index (χ3v) is 8.59. The first-order valence-electron chi connectivity index (χ1n) is 11.7. The van der Waals surface area contributed by atoms with Crippen LogP contribution < -0.4 is 5.32 Å². The van der Waals surface area contributed by atoms with Gasteiger partial charge in [-0.05, 0) is 97.6 Å². The maximum Gasteiger partial charge on any atom is 0.225 e. The second-order valence-electron chi connectivity index (χ2n) is 9.95. The molecule has 2 aromatic rings. The Labute approximate surface area is 194 Å². The minimum Gasteiger partial charge on any atom is -0.411 e. The van der Waals surface area contributed by atoms with Gasteiger partial charge in [-0.15, -0.1) is 0 Å². The van der Waals surface area contributed by atoms with Crippen LogP contribution >= 0.6 is 11.6 Å². The van der Waals surface area contributed by atoms with Gasteiger partial charge in [0.1, 0.15) is 5.82 Å². The number of carbonyl (C=O) groups excluding carboxylic acids is 1. The van der Waals surface area contributed by atoms with Crippen molar-refractivity contribution in [1.82, 2.24) is 4.98 Å². The van der Waals surface area contributed by atoms with Crippen molar-refractivity contribution >= 4 is 29.0 Å². The monoisotopic (exact) mass is 451 g/mol. The maximum atomic E-state index is 12.6. The number of rotatable bonds is 4. The lowest BCUT2D eigenvalue weighted by molar-refractivity contribution is -0.116. The molecule has 0 aliphatic heterocycles. The third kappa shape index (κ3) is 3.71. The molecule has 3 aliphatic rings. The summed E-state index contributed by atoms with van der Waals surface area (Å²) in [5.74, 6) is 2.44. The van der Waals surface area contributed by atoms with E-state index in [2.05, 4.69) is 34.5 Å². The lowest BCUT2D eigenvalue weighted by atomic mass is 9.54. The average Bonchev–Trinajstić information content (AvgIpc) is 3.09. The van der Waals surface area contributed by atoms with Crippen LogP contribution in [0.5, 0.6) is 0 Å². The summed E-state index contributed by atoms with van der Waals surface area (Å²) in [6, 6.07) is 11.9. The molecule has 1 aromatic heterocycles. The summed E-state index contributed by atoms with van der Waals surface area (Å²) < 4.78 is 0. The molecule has 2 saturated carbocycles. The van der Waals surface area contributed by atoms with E-state index in [4.69, 9.17) is 11.6 Å². The minimum atomic E-state index is -0.0814. The summed E-state index contributed by atoms with van der Waals surface area (Å²) in [6.45, 7) is 2.29. The zero-order chi connectivity index (χ0) is 22.3. The van der Waals surface area contributed by atoms with Crippen LogP contribution in [-0.2, 0) is 11.2 Å². The van der Waals surface area contributed by atoms with Crippen molar-refractivity contribution < 1.29 is 10.0 Å². The van der Waals surface area contributed by atoms with Crippen LogP contribution in [0.4, 0.5) is 5.82 Å². The molecular weight excluding hydrogens is 422 g/mol. The molecule has 2 fully saturated rings. The summed E-state index contributed by atoms with van der Waals surface area (Å²) in [5, 5.41) is 17.3. The quantitative estimate of drug-likeness (QED) is 0.437. The van der Waals surface area contributed by atoms with Gasteiger partial charge in [0.2, 0.25) is 5.91 Å². The number of carbonyl (C=O) groups is 1. The Bertz CT molecular complexity index is 1040. The summed E-state index contributed by atoms with van der Waals surface area (Å²) in [7, 11) is 0. The van der Waals surface area contributed by atoms with E-state index in [0.717, 1.165) is 49.3 Å². The lowest BCUT2D eigenvalue weighted by Crippen LogP contribution is -2.44. The van der Waals surface area contributed by atoms with E-state index >= 15 is 0 Å². The van der Waals surface area contributed by atoms with Gasteiger partial charge in [0.05, 0.1) is 5.71 Å². The molecule has 1 aromatic carbocycles. The third-order valence-electron chi connectivity index (χ3n) is 8.36. The van der Waals surface area contributed by atoms with Gasteiger partial charge in [0.25, 0.3) is 0 Å². The number of nitrogens with one attached hydrogen (secondary N) is 1. The molecule has 0 spiro atoms. The van der Waals surface area contributed by atoms with Gasteiger partial charge >= 0.3 is 0 Å². The van der Waals surface area contributed by atoms with Gasteiger partial charge < -0.3 is 10.5 Å².